The molecule has 6 nitrogen and oxygen atoms in total. The number of alkyl halides is 1. The van der Waals surface area contributed by atoms with Crippen LogP contribution in [0.1, 0.15) is 39.0 Å². The van der Waals surface area contributed by atoms with Crippen molar-refractivity contribution in [1.29, 1.82) is 0 Å². The second-order valence-electron chi connectivity index (χ2n) is 6.00. The predicted octanol–water partition coefficient (Wildman–Crippen LogP) is 0.706. The highest BCUT2D eigenvalue weighted by Crippen LogP contribution is 2.31. The third kappa shape index (κ3) is 3.33. The number of hydrogen-bond donors (Lipinski definition) is 2. The van der Waals surface area contributed by atoms with Gasteiger partial charge in [-0.15, -0.1) is 0 Å². The molecule has 0 spiro atoms. The maximum atomic E-state index is 14.1. The summed E-state index contributed by atoms with van der Waals surface area (Å²) in [5, 5.41) is 11.5. The van der Waals surface area contributed by atoms with Crippen molar-refractivity contribution in [2.75, 3.05) is 13.1 Å². The summed E-state index contributed by atoms with van der Waals surface area (Å²) in [5.41, 5.74) is -2.37. The number of hydrogen-bond acceptors (Lipinski definition) is 3. The number of halogens is 1. The molecule has 2 rings (SSSR count). The fraction of sp³-hybridized carbons (Fsp3) is 0.786. The number of nitrogens with zero attached hydrogens (tertiary/aromatic N) is 1. The number of carbonyl (C=O) groups excluding carboxylic acids is 2. The average molecular weight is 300 g/mol. The number of carboxylic acid groups (broad SMARTS) is 1. The molecule has 2 fully saturated rings. The van der Waals surface area contributed by atoms with Crippen LogP contribution in [-0.2, 0) is 14.4 Å². The molecule has 2 unspecified atom stereocenters. The third-order valence-corrected chi connectivity index (χ3v) is 4.41. The van der Waals surface area contributed by atoms with Gasteiger partial charge in [0.15, 0.2) is 0 Å². The number of aliphatic carboxylic acids is 1. The first-order valence-corrected chi connectivity index (χ1v) is 7.32. The minimum atomic E-state index is -2.37. The van der Waals surface area contributed by atoms with Crippen LogP contribution >= 0.6 is 0 Å². The van der Waals surface area contributed by atoms with Crippen molar-refractivity contribution in [3.8, 4) is 0 Å². The van der Waals surface area contributed by atoms with Gasteiger partial charge < -0.3 is 15.3 Å². The van der Waals surface area contributed by atoms with Crippen LogP contribution in [0.4, 0.5) is 4.39 Å². The van der Waals surface area contributed by atoms with E-state index in [1.807, 2.05) is 0 Å². The zero-order valence-corrected chi connectivity index (χ0v) is 12.1. The van der Waals surface area contributed by atoms with E-state index in [4.69, 9.17) is 5.11 Å². The summed E-state index contributed by atoms with van der Waals surface area (Å²) in [5.74, 6) is -2.14. The van der Waals surface area contributed by atoms with Crippen molar-refractivity contribution in [3.63, 3.8) is 0 Å². The van der Waals surface area contributed by atoms with Crippen molar-refractivity contribution >= 4 is 17.8 Å². The monoisotopic (exact) mass is 300 g/mol. The Hall–Kier alpha value is -1.66. The lowest BCUT2D eigenvalue weighted by atomic mass is 9.96. The molecule has 1 aliphatic heterocycles. The molecule has 1 saturated carbocycles. The van der Waals surface area contributed by atoms with Gasteiger partial charge in [0.05, 0.1) is 6.54 Å². The van der Waals surface area contributed by atoms with Crippen LogP contribution in [0.3, 0.4) is 0 Å². The molecule has 2 atom stereocenters. The molecular formula is C14H21FN2O4. The lowest BCUT2D eigenvalue weighted by molar-refractivity contribution is -0.150. The van der Waals surface area contributed by atoms with Crippen molar-refractivity contribution in [2.24, 2.45) is 5.92 Å². The Bertz CT molecular complexity index is 450. The summed E-state index contributed by atoms with van der Waals surface area (Å²) < 4.78 is 14.1. The Morgan fingerprint density at radius 3 is 2.43 bits per heavy atom. The van der Waals surface area contributed by atoms with Gasteiger partial charge in [0, 0.05) is 19.9 Å². The Labute approximate surface area is 122 Å². The molecule has 0 aromatic rings. The minimum Gasteiger partial charge on any atom is -0.479 e. The van der Waals surface area contributed by atoms with E-state index >= 15 is 0 Å². The van der Waals surface area contributed by atoms with Crippen molar-refractivity contribution < 1.29 is 23.9 Å². The number of likely N-dealkylation sites (tertiary alicyclic amines) is 1. The second kappa shape index (κ2) is 5.99. The fourth-order valence-electron chi connectivity index (χ4n) is 3.22. The number of carboxylic acids is 1. The van der Waals surface area contributed by atoms with Gasteiger partial charge in [0.25, 0.3) is 0 Å². The molecule has 1 saturated heterocycles. The molecule has 0 aromatic carbocycles. The van der Waals surface area contributed by atoms with Gasteiger partial charge in [-0.3, -0.25) is 9.59 Å². The number of nitrogens with one attached hydrogen (secondary N) is 1. The Balaban J connectivity index is 2.08. The van der Waals surface area contributed by atoms with E-state index in [-0.39, 0.29) is 30.7 Å². The Morgan fingerprint density at radius 2 is 1.95 bits per heavy atom. The Kier molecular flexibility index (Phi) is 4.49. The molecule has 2 aliphatic rings. The lowest BCUT2D eigenvalue weighted by Crippen LogP contribution is -2.51. The summed E-state index contributed by atoms with van der Waals surface area (Å²) in [7, 11) is 0. The molecule has 2 N–H and O–H groups in total. The lowest BCUT2D eigenvalue weighted by Gasteiger charge is -2.28. The van der Waals surface area contributed by atoms with Crippen LogP contribution in [0.25, 0.3) is 0 Å². The van der Waals surface area contributed by atoms with Crippen LogP contribution in [-0.4, -0.2) is 52.6 Å². The van der Waals surface area contributed by atoms with E-state index in [1.165, 1.54) is 11.8 Å². The summed E-state index contributed by atoms with van der Waals surface area (Å²) in [6.07, 6.45) is 3.52. The first kappa shape index (κ1) is 15.7. The summed E-state index contributed by atoms with van der Waals surface area (Å²) in [4.78, 5) is 36.0. The predicted molar refractivity (Wildman–Crippen MR) is 72.2 cm³/mol. The average Bonchev–Trinajstić information content (AvgIpc) is 3.05. The van der Waals surface area contributed by atoms with Crippen LogP contribution in [0.15, 0.2) is 0 Å². The minimum absolute atomic E-state index is 0.0563. The van der Waals surface area contributed by atoms with Crippen LogP contribution in [0.5, 0.6) is 0 Å². The number of amides is 2. The van der Waals surface area contributed by atoms with Gasteiger partial charge in [-0.25, -0.2) is 9.18 Å². The number of rotatable bonds is 4. The Morgan fingerprint density at radius 1 is 1.33 bits per heavy atom. The maximum absolute atomic E-state index is 14.1. The van der Waals surface area contributed by atoms with Gasteiger partial charge in [0.2, 0.25) is 17.5 Å². The molecule has 118 valence electrons. The number of carbonyl (C=O) groups is 3. The smallest absolute Gasteiger partial charge is 0.343 e. The van der Waals surface area contributed by atoms with Gasteiger partial charge >= 0.3 is 5.97 Å². The van der Waals surface area contributed by atoms with E-state index in [0.717, 1.165) is 25.7 Å². The quantitative estimate of drug-likeness (QED) is 0.800. The molecule has 0 radical (unpaired) electrons. The highest BCUT2D eigenvalue weighted by atomic mass is 19.1. The van der Waals surface area contributed by atoms with Crippen LogP contribution in [0, 0.1) is 5.92 Å². The normalized spacial score (nSPS) is 27.6. The SMILES string of the molecule is CC(=O)NC(C(=O)N1CCC(F)(C(=O)O)C1)C1CCCC1. The van der Waals surface area contributed by atoms with Gasteiger partial charge in [0.1, 0.15) is 6.04 Å². The van der Waals surface area contributed by atoms with Gasteiger partial charge in [-0.2, -0.15) is 0 Å². The van der Waals surface area contributed by atoms with E-state index in [1.54, 1.807) is 0 Å². The molecule has 1 heterocycles. The zero-order chi connectivity index (χ0) is 15.6. The summed E-state index contributed by atoms with van der Waals surface area (Å²) >= 11 is 0. The molecule has 2 amide bonds. The zero-order valence-electron chi connectivity index (χ0n) is 12.1. The molecular weight excluding hydrogens is 279 g/mol. The maximum Gasteiger partial charge on any atom is 0.343 e. The molecule has 21 heavy (non-hydrogen) atoms. The highest BCUT2D eigenvalue weighted by Gasteiger charge is 2.48. The first-order chi connectivity index (χ1) is 9.83. The van der Waals surface area contributed by atoms with E-state index in [9.17, 15) is 18.8 Å². The van der Waals surface area contributed by atoms with Crippen molar-refractivity contribution in [1.82, 2.24) is 10.2 Å². The van der Waals surface area contributed by atoms with Crippen LogP contribution < -0.4 is 5.32 Å². The second-order valence-corrected chi connectivity index (χ2v) is 6.00. The van der Waals surface area contributed by atoms with Gasteiger partial charge in [-0.1, -0.05) is 12.8 Å². The summed E-state index contributed by atoms with van der Waals surface area (Å²) in [6.45, 7) is 0.977. The fourth-order valence-corrected chi connectivity index (χ4v) is 3.22. The van der Waals surface area contributed by atoms with E-state index in [0.29, 0.717) is 0 Å². The van der Waals surface area contributed by atoms with Crippen LogP contribution in [0.2, 0.25) is 0 Å². The standard InChI is InChI=1S/C14H21FN2O4/c1-9(18)16-11(10-4-2-3-5-10)12(19)17-7-6-14(15,8-17)13(20)21/h10-11H,2-8H2,1H3,(H,16,18)(H,20,21). The van der Waals surface area contributed by atoms with E-state index < -0.39 is 24.2 Å². The highest BCUT2D eigenvalue weighted by molar-refractivity contribution is 5.88. The molecule has 1 aliphatic carbocycles. The van der Waals surface area contributed by atoms with Crippen molar-refractivity contribution in [3.05, 3.63) is 0 Å². The molecule has 0 bridgehead atoms. The van der Waals surface area contributed by atoms with Crippen molar-refractivity contribution in [2.45, 2.75) is 50.7 Å². The van der Waals surface area contributed by atoms with E-state index in [2.05, 4.69) is 5.32 Å². The van der Waals surface area contributed by atoms with Gasteiger partial charge in [-0.05, 0) is 18.8 Å². The topological polar surface area (TPSA) is 86.7 Å². The largest absolute Gasteiger partial charge is 0.479 e. The first-order valence-electron chi connectivity index (χ1n) is 7.32. The molecule has 7 heteroatoms. The third-order valence-electron chi connectivity index (χ3n) is 4.41. The summed E-state index contributed by atoms with van der Waals surface area (Å²) in [6, 6.07) is -0.666. The molecule has 0 aromatic heterocycles.